The van der Waals surface area contributed by atoms with E-state index in [-0.39, 0.29) is 11.0 Å². The lowest BCUT2D eigenvalue weighted by atomic mass is 9.91. The summed E-state index contributed by atoms with van der Waals surface area (Å²) in [6, 6.07) is 0.677. The number of piperidine rings is 1. The molecule has 0 aliphatic carbocycles. The molecule has 0 atom stereocenters. The summed E-state index contributed by atoms with van der Waals surface area (Å²) in [6.45, 7) is 19.9. The molecule has 0 saturated carbocycles. The lowest BCUT2D eigenvalue weighted by molar-refractivity contribution is -0.134. The fourth-order valence-corrected chi connectivity index (χ4v) is 3.80. The molecule has 4 heteroatoms. The van der Waals surface area contributed by atoms with Crippen LogP contribution in [-0.2, 0) is 4.79 Å². The van der Waals surface area contributed by atoms with Crippen molar-refractivity contribution in [2.24, 2.45) is 5.41 Å². The first-order valence-corrected chi connectivity index (χ1v) is 9.33. The predicted molar refractivity (Wildman–Crippen MR) is 96.6 cm³/mol. The second-order valence-electron chi connectivity index (χ2n) is 9.54. The molecule has 2 heterocycles. The molecule has 2 aliphatic rings. The first kappa shape index (κ1) is 18.7. The highest BCUT2D eigenvalue weighted by molar-refractivity contribution is 5.76. The zero-order valence-electron chi connectivity index (χ0n) is 16.2. The van der Waals surface area contributed by atoms with E-state index in [2.05, 4.69) is 56.2 Å². The van der Waals surface area contributed by atoms with E-state index in [0.29, 0.717) is 18.4 Å². The molecule has 0 unspecified atom stereocenters. The van der Waals surface area contributed by atoms with Crippen molar-refractivity contribution in [3.63, 3.8) is 0 Å². The van der Waals surface area contributed by atoms with Crippen molar-refractivity contribution in [3.8, 4) is 0 Å². The van der Waals surface area contributed by atoms with Crippen molar-refractivity contribution in [1.29, 1.82) is 0 Å². The third kappa shape index (κ3) is 5.46. The Morgan fingerprint density at radius 2 is 1.39 bits per heavy atom. The summed E-state index contributed by atoms with van der Waals surface area (Å²) in [6.07, 6.45) is 2.96. The Hall–Kier alpha value is -0.610. The summed E-state index contributed by atoms with van der Waals surface area (Å²) in [4.78, 5) is 19.7. The quantitative estimate of drug-likeness (QED) is 0.782. The van der Waals surface area contributed by atoms with Crippen LogP contribution in [0.15, 0.2) is 0 Å². The Morgan fingerprint density at radius 1 is 0.870 bits per heavy atom. The first-order valence-electron chi connectivity index (χ1n) is 9.33. The molecule has 0 radical (unpaired) electrons. The van der Waals surface area contributed by atoms with E-state index < -0.39 is 0 Å². The Labute approximate surface area is 143 Å². The molecule has 0 spiro atoms. The van der Waals surface area contributed by atoms with Gasteiger partial charge in [0.1, 0.15) is 0 Å². The van der Waals surface area contributed by atoms with Crippen LogP contribution in [0.25, 0.3) is 0 Å². The number of hydrogen-bond donors (Lipinski definition) is 0. The highest BCUT2D eigenvalue weighted by Gasteiger charge is 2.32. The SMILES string of the molecule is CC(C)(C)CC(=O)N1CCC(N2CCN(C(C)(C)C)CC2)CC1. The first-order chi connectivity index (χ1) is 10.6. The number of piperazine rings is 1. The second-order valence-corrected chi connectivity index (χ2v) is 9.54. The van der Waals surface area contributed by atoms with Crippen LogP contribution < -0.4 is 0 Å². The summed E-state index contributed by atoms with van der Waals surface area (Å²) in [5, 5.41) is 0. The van der Waals surface area contributed by atoms with Gasteiger partial charge in [0, 0.05) is 57.3 Å². The Balaban J connectivity index is 1.76. The topological polar surface area (TPSA) is 26.8 Å². The zero-order valence-corrected chi connectivity index (χ0v) is 16.2. The van der Waals surface area contributed by atoms with Crippen molar-refractivity contribution < 1.29 is 4.79 Å². The van der Waals surface area contributed by atoms with Crippen molar-refractivity contribution in [3.05, 3.63) is 0 Å². The van der Waals surface area contributed by atoms with Gasteiger partial charge in [0.2, 0.25) is 5.91 Å². The summed E-state index contributed by atoms with van der Waals surface area (Å²) < 4.78 is 0. The highest BCUT2D eigenvalue weighted by atomic mass is 16.2. The van der Waals surface area contributed by atoms with E-state index in [1.165, 1.54) is 26.2 Å². The molecule has 0 N–H and O–H groups in total. The monoisotopic (exact) mass is 323 g/mol. The summed E-state index contributed by atoms with van der Waals surface area (Å²) in [5.74, 6) is 0.341. The lowest BCUT2D eigenvalue weighted by Gasteiger charge is -2.46. The van der Waals surface area contributed by atoms with Crippen molar-refractivity contribution in [1.82, 2.24) is 14.7 Å². The molecule has 0 aromatic carbocycles. The van der Waals surface area contributed by atoms with Gasteiger partial charge in [-0.15, -0.1) is 0 Å². The molecule has 2 rings (SSSR count). The molecular weight excluding hydrogens is 286 g/mol. The molecule has 2 aliphatic heterocycles. The van der Waals surface area contributed by atoms with Crippen molar-refractivity contribution in [2.45, 2.75) is 72.4 Å². The van der Waals surface area contributed by atoms with Gasteiger partial charge in [-0.1, -0.05) is 20.8 Å². The van der Waals surface area contributed by atoms with Gasteiger partial charge in [0.05, 0.1) is 0 Å². The third-order valence-electron chi connectivity index (χ3n) is 5.28. The number of hydrogen-bond acceptors (Lipinski definition) is 3. The minimum Gasteiger partial charge on any atom is -0.343 e. The van der Waals surface area contributed by atoms with Crippen molar-refractivity contribution in [2.75, 3.05) is 39.3 Å². The average Bonchev–Trinajstić information content (AvgIpc) is 2.45. The van der Waals surface area contributed by atoms with Gasteiger partial charge in [-0.05, 0) is 39.0 Å². The number of carbonyl (C=O) groups is 1. The van der Waals surface area contributed by atoms with Gasteiger partial charge in [-0.3, -0.25) is 14.6 Å². The zero-order chi connectivity index (χ0) is 17.3. The minimum absolute atomic E-state index is 0.0945. The van der Waals surface area contributed by atoms with E-state index in [1.807, 2.05) is 0 Å². The molecule has 2 fully saturated rings. The fourth-order valence-electron chi connectivity index (χ4n) is 3.80. The van der Waals surface area contributed by atoms with E-state index in [0.717, 1.165) is 25.9 Å². The van der Waals surface area contributed by atoms with E-state index in [4.69, 9.17) is 0 Å². The number of amides is 1. The summed E-state index contributed by atoms with van der Waals surface area (Å²) in [7, 11) is 0. The predicted octanol–water partition coefficient (Wildman–Crippen LogP) is 2.83. The normalized spacial score (nSPS) is 23.3. The van der Waals surface area contributed by atoms with Gasteiger partial charge in [0.15, 0.2) is 0 Å². The number of carbonyl (C=O) groups excluding carboxylic acids is 1. The maximum Gasteiger partial charge on any atom is 0.223 e. The molecule has 0 bridgehead atoms. The highest BCUT2D eigenvalue weighted by Crippen LogP contribution is 2.24. The van der Waals surface area contributed by atoms with E-state index in [1.54, 1.807) is 0 Å². The van der Waals surface area contributed by atoms with Crippen LogP contribution in [0.3, 0.4) is 0 Å². The Morgan fingerprint density at radius 3 is 1.83 bits per heavy atom. The van der Waals surface area contributed by atoms with Gasteiger partial charge in [0.25, 0.3) is 0 Å². The van der Waals surface area contributed by atoms with Gasteiger partial charge < -0.3 is 4.90 Å². The van der Waals surface area contributed by atoms with Crippen LogP contribution >= 0.6 is 0 Å². The summed E-state index contributed by atoms with van der Waals surface area (Å²) in [5.41, 5.74) is 0.381. The van der Waals surface area contributed by atoms with Crippen LogP contribution in [0.2, 0.25) is 0 Å². The molecule has 0 aromatic heterocycles. The molecule has 23 heavy (non-hydrogen) atoms. The van der Waals surface area contributed by atoms with Crippen molar-refractivity contribution >= 4 is 5.91 Å². The second kappa shape index (κ2) is 7.10. The van der Waals surface area contributed by atoms with Gasteiger partial charge in [-0.2, -0.15) is 0 Å². The van der Waals surface area contributed by atoms with Crippen LogP contribution in [0.4, 0.5) is 0 Å². The largest absolute Gasteiger partial charge is 0.343 e. The molecule has 0 aromatic rings. The maximum atomic E-state index is 12.4. The lowest BCUT2D eigenvalue weighted by Crippen LogP contribution is -2.57. The van der Waals surface area contributed by atoms with E-state index >= 15 is 0 Å². The van der Waals surface area contributed by atoms with Crippen LogP contribution in [-0.4, -0.2) is 71.5 Å². The van der Waals surface area contributed by atoms with Gasteiger partial charge >= 0.3 is 0 Å². The summed E-state index contributed by atoms with van der Waals surface area (Å²) >= 11 is 0. The molecule has 1 amide bonds. The molecular formula is C19H37N3O. The van der Waals surface area contributed by atoms with Gasteiger partial charge in [-0.25, -0.2) is 0 Å². The van der Waals surface area contributed by atoms with E-state index in [9.17, 15) is 4.79 Å². The smallest absolute Gasteiger partial charge is 0.223 e. The third-order valence-corrected chi connectivity index (χ3v) is 5.28. The fraction of sp³-hybridized carbons (Fsp3) is 0.947. The van der Waals surface area contributed by atoms with Crippen LogP contribution in [0.1, 0.15) is 60.8 Å². The Kier molecular flexibility index (Phi) is 5.78. The minimum atomic E-state index is 0.0945. The molecule has 4 nitrogen and oxygen atoms in total. The number of rotatable bonds is 2. The number of nitrogens with zero attached hydrogens (tertiary/aromatic N) is 3. The molecule has 134 valence electrons. The van der Waals surface area contributed by atoms with Crippen LogP contribution in [0.5, 0.6) is 0 Å². The average molecular weight is 324 g/mol. The standard InChI is InChI=1S/C19H37N3O/c1-18(2,3)15-17(23)21-9-7-16(8-10-21)20-11-13-22(14-12-20)19(4,5)6/h16H,7-15H2,1-6H3. The maximum absolute atomic E-state index is 12.4. The Bertz CT molecular complexity index is 392. The van der Waals surface area contributed by atoms with Crippen LogP contribution in [0, 0.1) is 5.41 Å². The molecule has 2 saturated heterocycles. The number of likely N-dealkylation sites (tertiary alicyclic amines) is 1.